The van der Waals surface area contributed by atoms with Crippen LogP contribution in [-0.4, -0.2) is 17.9 Å². The maximum absolute atomic E-state index is 13.0. The molecule has 0 bridgehead atoms. The molecule has 0 fully saturated rings. The molecule has 0 unspecified atom stereocenters. The average Bonchev–Trinajstić information content (AvgIpc) is 3.07. The van der Waals surface area contributed by atoms with Gasteiger partial charge in [0, 0.05) is 25.4 Å². The number of nitrogens with zero attached hydrogens (tertiary/aromatic N) is 3. The Balaban J connectivity index is 1.83. The van der Waals surface area contributed by atoms with Crippen LogP contribution in [0.5, 0.6) is 0 Å². The molecular formula is C19H15N3O3. The molecule has 0 aliphatic rings. The Bertz CT molecular complexity index is 1120. The molecule has 0 saturated heterocycles. The maximum Gasteiger partial charge on any atom is 0.283 e. The Morgan fingerprint density at radius 1 is 1.16 bits per heavy atom. The fourth-order valence-corrected chi connectivity index (χ4v) is 2.90. The molecule has 2 aromatic carbocycles. The maximum atomic E-state index is 13.0. The topological polar surface area (TPSA) is 73.3 Å². The highest BCUT2D eigenvalue weighted by Gasteiger charge is 2.26. The first-order valence-electron chi connectivity index (χ1n) is 7.81. The summed E-state index contributed by atoms with van der Waals surface area (Å²) in [6.07, 6.45) is 1.53. The highest BCUT2D eigenvalue weighted by Crippen LogP contribution is 2.29. The van der Waals surface area contributed by atoms with Crippen LogP contribution in [-0.2, 0) is 0 Å². The Morgan fingerprint density at radius 2 is 1.88 bits per heavy atom. The van der Waals surface area contributed by atoms with E-state index in [1.165, 1.54) is 11.2 Å². The van der Waals surface area contributed by atoms with Gasteiger partial charge in [0.25, 0.3) is 5.91 Å². The summed E-state index contributed by atoms with van der Waals surface area (Å²) in [5, 5.41) is 13.3. The van der Waals surface area contributed by atoms with Crippen molar-refractivity contribution in [3.05, 3.63) is 71.4 Å². The van der Waals surface area contributed by atoms with E-state index in [-0.39, 0.29) is 17.3 Å². The first-order valence-corrected chi connectivity index (χ1v) is 7.81. The molecule has 0 saturated carbocycles. The number of hydrogen-bond donors (Lipinski definition) is 0. The SMILES string of the molecule is Cc1c(C(=O)N(C)c2coc3ccccc23)nc2ccccc2[n+]1[O-]. The van der Waals surface area contributed by atoms with Gasteiger partial charge in [0.05, 0.1) is 5.69 Å². The number of hydrogen-bond acceptors (Lipinski definition) is 4. The van der Waals surface area contributed by atoms with Gasteiger partial charge in [0.2, 0.25) is 11.2 Å². The molecule has 4 aromatic rings. The second kappa shape index (κ2) is 5.59. The van der Waals surface area contributed by atoms with Gasteiger partial charge in [-0.2, -0.15) is 4.73 Å². The van der Waals surface area contributed by atoms with E-state index in [1.807, 2.05) is 24.3 Å². The van der Waals surface area contributed by atoms with Crippen LogP contribution < -0.4 is 9.63 Å². The lowest BCUT2D eigenvalue weighted by atomic mass is 10.2. The van der Waals surface area contributed by atoms with E-state index in [2.05, 4.69) is 4.98 Å². The van der Waals surface area contributed by atoms with E-state index < -0.39 is 0 Å². The summed E-state index contributed by atoms with van der Waals surface area (Å²) in [5.74, 6) is -0.362. The third-order valence-electron chi connectivity index (χ3n) is 4.31. The van der Waals surface area contributed by atoms with Gasteiger partial charge < -0.3 is 14.5 Å². The highest BCUT2D eigenvalue weighted by atomic mass is 16.5. The lowest BCUT2D eigenvalue weighted by Gasteiger charge is -2.16. The highest BCUT2D eigenvalue weighted by molar-refractivity contribution is 6.09. The zero-order chi connectivity index (χ0) is 17.6. The average molecular weight is 333 g/mol. The molecule has 4 rings (SSSR count). The van der Waals surface area contributed by atoms with Gasteiger partial charge in [0.1, 0.15) is 17.4 Å². The lowest BCUT2D eigenvalue weighted by Crippen LogP contribution is -2.37. The van der Waals surface area contributed by atoms with Crippen LogP contribution in [0.25, 0.3) is 22.0 Å². The van der Waals surface area contributed by atoms with Gasteiger partial charge in [-0.15, -0.1) is 0 Å². The first kappa shape index (κ1) is 15.1. The summed E-state index contributed by atoms with van der Waals surface area (Å²) in [6, 6.07) is 14.4. The van der Waals surface area contributed by atoms with E-state index in [0.29, 0.717) is 22.3 Å². The molecule has 0 spiro atoms. The van der Waals surface area contributed by atoms with Gasteiger partial charge in [-0.1, -0.05) is 24.3 Å². The van der Waals surface area contributed by atoms with Crippen molar-refractivity contribution < 1.29 is 13.9 Å². The summed E-state index contributed by atoms with van der Waals surface area (Å²) in [7, 11) is 1.64. The van der Waals surface area contributed by atoms with Crippen LogP contribution in [0, 0.1) is 12.1 Å². The molecule has 0 aliphatic heterocycles. The number of amides is 1. The van der Waals surface area contributed by atoms with Crippen molar-refractivity contribution >= 4 is 33.6 Å². The van der Waals surface area contributed by atoms with Crippen LogP contribution in [0.3, 0.4) is 0 Å². The summed E-state index contributed by atoms with van der Waals surface area (Å²) >= 11 is 0. The number of aromatic nitrogens is 2. The third-order valence-corrected chi connectivity index (χ3v) is 4.31. The predicted octanol–water partition coefficient (Wildman–Crippen LogP) is 3.20. The minimum Gasteiger partial charge on any atom is -0.618 e. The molecule has 1 amide bonds. The minimum atomic E-state index is -0.362. The Morgan fingerprint density at radius 3 is 2.72 bits per heavy atom. The normalized spacial score (nSPS) is 11.1. The van der Waals surface area contributed by atoms with E-state index in [0.717, 1.165) is 10.1 Å². The monoisotopic (exact) mass is 333 g/mol. The molecule has 0 N–H and O–H groups in total. The van der Waals surface area contributed by atoms with Crippen LogP contribution in [0.15, 0.2) is 59.2 Å². The molecule has 2 heterocycles. The van der Waals surface area contributed by atoms with Crippen LogP contribution in [0.1, 0.15) is 16.2 Å². The van der Waals surface area contributed by atoms with E-state index in [4.69, 9.17) is 4.42 Å². The number of fused-ring (bicyclic) bond motifs is 2. The zero-order valence-corrected chi connectivity index (χ0v) is 13.8. The molecule has 0 radical (unpaired) electrons. The van der Waals surface area contributed by atoms with Crippen LogP contribution >= 0.6 is 0 Å². The third kappa shape index (κ3) is 2.30. The lowest BCUT2D eigenvalue weighted by molar-refractivity contribution is -0.584. The van der Waals surface area contributed by atoms with Crippen molar-refractivity contribution in [2.45, 2.75) is 6.92 Å². The molecule has 124 valence electrons. The second-order valence-corrected chi connectivity index (χ2v) is 5.81. The Kier molecular flexibility index (Phi) is 3.39. The Hall–Kier alpha value is -3.41. The van der Waals surface area contributed by atoms with Gasteiger partial charge in [-0.25, -0.2) is 4.98 Å². The molecule has 0 atom stereocenters. The molecule has 0 aliphatic carbocycles. The second-order valence-electron chi connectivity index (χ2n) is 5.81. The van der Waals surface area contributed by atoms with Crippen molar-refractivity contribution in [2.24, 2.45) is 0 Å². The fourth-order valence-electron chi connectivity index (χ4n) is 2.90. The number of rotatable bonds is 2. The Labute approximate surface area is 143 Å². The first-order chi connectivity index (χ1) is 12.1. The van der Waals surface area contributed by atoms with Crippen LogP contribution in [0.2, 0.25) is 0 Å². The molecule has 6 heteroatoms. The minimum absolute atomic E-state index is 0.126. The van der Waals surface area contributed by atoms with Gasteiger partial charge in [-0.05, 0) is 18.2 Å². The van der Waals surface area contributed by atoms with Gasteiger partial charge in [0.15, 0.2) is 5.69 Å². The van der Waals surface area contributed by atoms with Crippen molar-refractivity contribution in [3.63, 3.8) is 0 Å². The van der Waals surface area contributed by atoms with Crippen molar-refractivity contribution in [1.82, 2.24) is 4.98 Å². The number of benzene rings is 2. The fraction of sp³-hybridized carbons (Fsp3) is 0.105. The number of anilines is 1. The molecule has 2 aromatic heterocycles. The molecule has 25 heavy (non-hydrogen) atoms. The van der Waals surface area contributed by atoms with Crippen molar-refractivity contribution in [3.8, 4) is 0 Å². The summed E-state index contributed by atoms with van der Waals surface area (Å²) in [5.41, 5.74) is 2.64. The quantitative estimate of drug-likeness (QED) is 0.417. The number of furan rings is 1. The number of carbonyl (C=O) groups is 1. The summed E-state index contributed by atoms with van der Waals surface area (Å²) in [6.45, 7) is 1.60. The summed E-state index contributed by atoms with van der Waals surface area (Å²) in [4.78, 5) is 18.8. The van der Waals surface area contributed by atoms with E-state index in [9.17, 15) is 10.0 Å². The largest absolute Gasteiger partial charge is 0.618 e. The number of carbonyl (C=O) groups excluding carboxylic acids is 1. The molecule has 6 nitrogen and oxygen atoms in total. The van der Waals surface area contributed by atoms with E-state index >= 15 is 0 Å². The number of para-hydroxylation sites is 3. The van der Waals surface area contributed by atoms with E-state index in [1.54, 1.807) is 38.2 Å². The molecular weight excluding hydrogens is 318 g/mol. The van der Waals surface area contributed by atoms with Crippen LogP contribution in [0.4, 0.5) is 5.69 Å². The predicted molar refractivity (Wildman–Crippen MR) is 94.4 cm³/mol. The van der Waals surface area contributed by atoms with Crippen molar-refractivity contribution in [2.75, 3.05) is 11.9 Å². The van der Waals surface area contributed by atoms with Crippen molar-refractivity contribution in [1.29, 1.82) is 0 Å². The van der Waals surface area contributed by atoms with Gasteiger partial charge in [-0.3, -0.25) is 4.79 Å². The zero-order valence-electron chi connectivity index (χ0n) is 13.8. The standard InChI is InChI=1S/C19H15N3O3/c1-12-18(20-14-8-4-5-9-15(14)22(12)24)19(23)21(2)16-11-25-17-10-6-3-7-13(16)17/h3-11H,1-2H3. The van der Waals surface area contributed by atoms with Gasteiger partial charge >= 0.3 is 0 Å². The smallest absolute Gasteiger partial charge is 0.283 e. The summed E-state index contributed by atoms with van der Waals surface area (Å²) < 4.78 is 6.25.